The van der Waals surface area contributed by atoms with Gasteiger partial charge in [0.05, 0.1) is 26.9 Å². The molecule has 1 aliphatic rings. The Balaban J connectivity index is 2.24. The van der Waals surface area contributed by atoms with Gasteiger partial charge in [0.1, 0.15) is 17.2 Å². The number of hydrogen-bond donors (Lipinski definition) is 1. The van der Waals surface area contributed by atoms with Crippen LogP contribution in [-0.4, -0.2) is 33.9 Å². The van der Waals surface area contributed by atoms with E-state index in [-0.39, 0.29) is 0 Å². The van der Waals surface area contributed by atoms with Gasteiger partial charge in [0.25, 0.3) is 0 Å². The smallest absolute Gasteiger partial charge is 0.133 e. The SMILES string of the molecule is COc1cc(OC)c(C=C(C)CNC2CC2)c(OC)c1. The van der Waals surface area contributed by atoms with E-state index in [2.05, 4.69) is 18.3 Å². The average Bonchev–Trinajstić information content (AvgIpc) is 3.29. The molecule has 0 aliphatic heterocycles. The van der Waals surface area contributed by atoms with Crippen LogP contribution in [0.5, 0.6) is 17.2 Å². The van der Waals surface area contributed by atoms with Crippen molar-refractivity contribution in [3.63, 3.8) is 0 Å². The Bertz CT molecular complexity index is 467. The second kappa shape index (κ2) is 6.66. The van der Waals surface area contributed by atoms with Gasteiger partial charge in [-0.3, -0.25) is 0 Å². The van der Waals surface area contributed by atoms with Gasteiger partial charge in [-0.15, -0.1) is 0 Å². The van der Waals surface area contributed by atoms with E-state index in [0.717, 1.165) is 29.4 Å². The van der Waals surface area contributed by atoms with Crippen LogP contribution in [0.25, 0.3) is 6.08 Å². The molecule has 0 unspecified atom stereocenters. The molecule has 0 radical (unpaired) electrons. The maximum Gasteiger partial charge on any atom is 0.133 e. The second-order valence-corrected chi connectivity index (χ2v) is 5.09. The summed E-state index contributed by atoms with van der Waals surface area (Å²) >= 11 is 0. The van der Waals surface area contributed by atoms with Crippen molar-refractivity contribution in [3.05, 3.63) is 23.3 Å². The summed E-state index contributed by atoms with van der Waals surface area (Å²) in [5.74, 6) is 2.24. The van der Waals surface area contributed by atoms with Gasteiger partial charge in [0.15, 0.2) is 0 Å². The minimum Gasteiger partial charge on any atom is -0.496 e. The minimum absolute atomic E-state index is 0.706. The highest BCUT2D eigenvalue weighted by atomic mass is 16.5. The summed E-state index contributed by atoms with van der Waals surface area (Å²) in [6.45, 7) is 3.00. The van der Waals surface area contributed by atoms with Crippen molar-refractivity contribution in [2.75, 3.05) is 27.9 Å². The van der Waals surface area contributed by atoms with Gasteiger partial charge in [0, 0.05) is 24.7 Å². The van der Waals surface area contributed by atoms with Crippen molar-refractivity contribution < 1.29 is 14.2 Å². The fourth-order valence-electron chi connectivity index (χ4n) is 2.07. The molecule has 0 amide bonds. The Labute approximate surface area is 120 Å². The zero-order valence-electron chi connectivity index (χ0n) is 12.7. The second-order valence-electron chi connectivity index (χ2n) is 5.09. The third-order valence-corrected chi connectivity index (χ3v) is 3.39. The predicted octanol–water partition coefficient (Wildman–Crippen LogP) is 2.87. The van der Waals surface area contributed by atoms with Gasteiger partial charge in [-0.1, -0.05) is 5.57 Å². The van der Waals surface area contributed by atoms with Crippen LogP contribution in [0.3, 0.4) is 0 Å². The minimum atomic E-state index is 0.706. The molecule has 110 valence electrons. The van der Waals surface area contributed by atoms with Crippen molar-refractivity contribution in [3.8, 4) is 17.2 Å². The van der Waals surface area contributed by atoms with Crippen LogP contribution >= 0.6 is 0 Å². The van der Waals surface area contributed by atoms with Gasteiger partial charge in [-0.2, -0.15) is 0 Å². The first kappa shape index (κ1) is 14.7. The van der Waals surface area contributed by atoms with E-state index >= 15 is 0 Å². The van der Waals surface area contributed by atoms with Crippen LogP contribution in [0.1, 0.15) is 25.3 Å². The third-order valence-electron chi connectivity index (χ3n) is 3.39. The molecule has 0 spiro atoms. The number of rotatable bonds is 7. The molecule has 0 bridgehead atoms. The molecule has 20 heavy (non-hydrogen) atoms. The molecule has 1 saturated carbocycles. The third kappa shape index (κ3) is 3.67. The Morgan fingerprint density at radius 1 is 1.15 bits per heavy atom. The van der Waals surface area contributed by atoms with Crippen molar-refractivity contribution >= 4 is 6.08 Å². The molecule has 1 N–H and O–H groups in total. The topological polar surface area (TPSA) is 39.7 Å². The molecule has 4 nitrogen and oxygen atoms in total. The molecule has 0 atom stereocenters. The van der Waals surface area contributed by atoms with E-state index in [9.17, 15) is 0 Å². The molecular weight excluding hydrogens is 254 g/mol. The van der Waals surface area contributed by atoms with E-state index in [4.69, 9.17) is 14.2 Å². The first-order valence-electron chi connectivity index (χ1n) is 6.88. The zero-order chi connectivity index (χ0) is 14.5. The fraction of sp³-hybridized carbons (Fsp3) is 0.500. The molecule has 1 aromatic carbocycles. The van der Waals surface area contributed by atoms with Gasteiger partial charge in [-0.05, 0) is 25.8 Å². The van der Waals surface area contributed by atoms with Crippen LogP contribution < -0.4 is 19.5 Å². The van der Waals surface area contributed by atoms with Crippen LogP contribution in [0.4, 0.5) is 0 Å². The summed E-state index contributed by atoms with van der Waals surface area (Å²) < 4.78 is 16.1. The summed E-state index contributed by atoms with van der Waals surface area (Å²) in [6, 6.07) is 4.45. The maximum atomic E-state index is 5.44. The van der Waals surface area contributed by atoms with E-state index in [1.807, 2.05) is 12.1 Å². The van der Waals surface area contributed by atoms with Gasteiger partial charge in [-0.25, -0.2) is 0 Å². The lowest BCUT2D eigenvalue weighted by Gasteiger charge is -2.13. The molecular formula is C16H23NO3. The fourth-order valence-corrected chi connectivity index (χ4v) is 2.07. The summed E-state index contributed by atoms with van der Waals surface area (Å²) in [7, 11) is 4.95. The molecule has 0 aromatic heterocycles. The lowest BCUT2D eigenvalue weighted by Crippen LogP contribution is -2.18. The van der Waals surface area contributed by atoms with Gasteiger partial charge < -0.3 is 19.5 Å². The van der Waals surface area contributed by atoms with Crippen molar-refractivity contribution in [1.82, 2.24) is 5.32 Å². The first-order valence-corrected chi connectivity index (χ1v) is 6.88. The van der Waals surface area contributed by atoms with Crippen molar-refractivity contribution in [2.24, 2.45) is 0 Å². The lowest BCUT2D eigenvalue weighted by atomic mass is 10.1. The number of hydrogen-bond acceptors (Lipinski definition) is 4. The zero-order valence-corrected chi connectivity index (χ0v) is 12.7. The summed E-state index contributed by atoms with van der Waals surface area (Å²) in [4.78, 5) is 0. The number of nitrogens with one attached hydrogen (secondary N) is 1. The van der Waals surface area contributed by atoms with Crippen LogP contribution in [0.15, 0.2) is 17.7 Å². The van der Waals surface area contributed by atoms with E-state index in [1.165, 1.54) is 18.4 Å². The molecule has 1 fully saturated rings. The van der Waals surface area contributed by atoms with E-state index < -0.39 is 0 Å². The summed E-state index contributed by atoms with van der Waals surface area (Å²) in [5, 5.41) is 3.50. The standard InChI is InChI=1S/C16H23NO3/c1-11(10-17-12-5-6-12)7-14-15(19-3)8-13(18-2)9-16(14)20-4/h7-9,12,17H,5-6,10H2,1-4H3. The van der Waals surface area contributed by atoms with E-state index in [1.54, 1.807) is 21.3 Å². The quantitative estimate of drug-likeness (QED) is 0.832. The predicted molar refractivity (Wildman–Crippen MR) is 80.8 cm³/mol. The Morgan fingerprint density at radius 3 is 2.20 bits per heavy atom. The molecule has 0 saturated heterocycles. The van der Waals surface area contributed by atoms with E-state index in [0.29, 0.717) is 6.04 Å². The van der Waals surface area contributed by atoms with Crippen molar-refractivity contribution in [2.45, 2.75) is 25.8 Å². The largest absolute Gasteiger partial charge is 0.496 e. The van der Waals surface area contributed by atoms with Gasteiger partial charge in [0.2, 0.25) is 0 Å². The highest BCUT2D eigenvalue weighted by Crippen LogP contribution is 2.35. The monoisotopic (exact) mass is 277 g/mol. The molecule has 1 aliphatic carbocycles. The highest BCUT2D eigenvalue weighted by Gasteiger charge is 2.20. The average molecular weight is 277 g/mol. The molecule has 0 heterocycles. The van der Waals surface area contributed by atoms with Crippen LogP contribution in [0, 0.1) is 0 Å². The lowest BCUT2D eigenvalue weighted by molar-refractivity contribution is 0.374. The Hall–Kier alpha value is -1.68. The summed E-state index contributed by atoms with van der Waals surface area (Å²) in [5.41, 5.74) is 2.20. The Kier molecular flexibility index (Phi) is 4.90. The normalized spacial score (nSPS) is 15.1. The molecule has 1 aromatic rings. The first-order chi connectivity index (χ1) is 9.67. The van der Waals surface area contributed by atoms with Crippen LogP contribution in [-0.2, 0) is 0 Å². The number of methoxy groups -OCH3 is 3. The Morgan fingerprint density at radius 2 is 1.75 bits per heavy atom. The number of ether oxygens (including phenoxy) is 3. The van der Waals surface area contributed by atoms with Gasteiger partial charge >= 0.3 is 0 Å². The molecule has 4 heteroatoms. The number of benzene rings is 1. The van der Waals surface area contributed by atoms with Crippen molar-refractivity contribution in [1.29, 1.82) is 0 Å². The molecule has 2 rings (SSSR count). The highest BCUT2D eigenvalue weighted by molar-refractivity contribution is 5.68. The summed E-state index contributed by atoms with van der Waals surface area (Å²) in [6.07, 6.45) is 4.69. The maximum absolute atomic E-state index is 5.44. The van der Waals surface area contributed by atoms with Crippen LogP contribution in [0.2, 0.25) is 0 Å².